The van der Waals surface area contributed by atoms with E-state index in [2.05, 4.69) is 4.74 Å². The molecule has 0 saturated heterocycles. The normalized spacial score (nSPS) is 11.3. The Morgan fingerprint density at radius 2 is 1.88 bits per heavy atom. The summed E-state index contributed by atoms with van der Waals surface area (Å²) >= 11 is 5.56. The van der Waals surface area contributed by atoms with Crippen LogP contribution in [0.15, 0.2) is 41.3 Å². The Morgan fingerprint density at radius 1 is 1.21 bits per heavy atom. The molecular formula is C15H12ClF2NO4S. The smallest absolute Gasteiger partial charge is 0.339 e. The molecule has 2 aromatic carbocycles. The lowest BCUT2D eigenvalue weighted by Gasteiger charge is -2.11. The molecule has 1 N–H and O–H groups in total. The fourth-order valence-electron chi connectivity index (χ4n) is 1.96. The molecule has 5 nitrogen and oxygen atoms in total. The van der Waals surface area contributed by atoms with Gasteiger partial charge in [-0.25, -0.2) is 26.7 Å². The first-order valence-corrected chi connectivity index (χ1v) is 8.43. The maximum absolute atomic E-state index is 13.8. The summed E-state index contributed by atoms with van der Waals surface area (Å²) in [5.74, 6) is -2.85. The zero-order valence-corrected chi connectivity index (χ0v) is 13.9. The number of sulfonamides is 1. The maximum Gasteiger partial charge on any atom is 0.339 e. The van der Waals surface area contributed by atoms with Gasteiger partial charge in [-0.1, -0.05) is 23.7 Å². The van der Waals surface area contributed by atoms with Crippen LogP contribution in [-0.4, -0.2) is 21.5 Å². The van der Waals surface area contributed by atoms with Gasteiger partial charge in [-0.05, 0) is 24.3 Å². The van der Waals surface area contributed by atoms with E-state index in [1.807, 2.05) is 4.72 Å². The SMILES string of the molecule is COC(=O)c1ccccc1S(=O)(=O)NCc1c(F)ccc(Cl)c1F. The van der Waals surface area contributed by atoms with Crippen molar-refractivity contribution in [1.82, 2.24) is 4.72 Å². The number of carbonyl (C=O) groups excluding carboxylic acids is 1. The molecular weight excluding hydrogens is 364 g/mol. The van der Waals surface area contributed by atoms with Crippen LogP contribution in [0.25, 0.3) is 0 Å². The number of rotatable bonds is 5. The first-order chi connectivity index (χ1) is 11.3. The summed E-state index contributed by atoms with van der Waals surface area (Å²) < 4.78 is 58.8. The minimum atomic E-state index is -4.22. The number of ether oxygens (including phenoxy) is 1. The predicted octanol–water partition coefficient (Wildman–Crippen LogP) is 2.88. The molecule has 24 heavy (non-hydrogen) atoms. The van der Waals surface area contributed by atoms with Crippen LogP contribution in [0.3, 0.4) is 0 Å². The molecule has 128 valence electrons. The van der Waals surface area contributed by atoms with Gasteiger partial charge in [0, 0.05) is 12.1 Å². The molecule has 9 heteroatoms. The van der Waals surface area contributed by atoms with Gasteiger partial charge in [-0.3, -0.25) is 0 Å². The highest BCUT2D eigenvalue weighted by molar-refractivity contribution is 7.89. The highest BCUT2D eigenvalue weighted by Crippen LogP contribution is 2.22. The zero-order chi connectivity index (χ0) is 17.9. The van der Waals surface area contributed by atoms with Crippen molar-refractivity contribution in [2.45, 2.75) is 11.4 Å². The third kappa shape index (κ3) is 3.72. The molecule has 0 aliphatic carbocycles. The van der Waals surface area contributed by atoms with Gasteiger partial charge in [0.1, 0.15) is 11.6 Å². The summed E-state index contributed by atoms with van der Waals surface area (Å²) in [6.07, 6.45) is 0. The summed E-state index contributed by atoms with van der Waals surface area (Å²) in [5, 5.41) is -0.333. The molecule has 0 atom stereocenters. The van der Waals surface area contributed by atoms with Crippen molar-refractivity contribution >= 4 is 27.6 Å². The first kappa shape index (κ1) is 18.3. The lowest BCUT2D eigenvalue weighted by atomic mass is 10.2. The Labute approximate surface area is 142 Å². The number of methoxy groups -OCH3 is 1. The molecule has 0 unspecified atom stereocenters. The summed E-state index contributed by atoms with van der Waals surface area (Å²) in [6, 6.07) is 7.26. The van der Waals surface area contributed by atoms with Crippen molar-refractivity contribution in [2.75, 3.05) is 7.11 Å². The number of nitrogens with one attached hydrogen (secondary N) is 1. The van der Waals surface area contributed by atoms with Gasteiger partial charge >= 0.3 is 5.97 Å². The largest absolute Gasteiger partial charge is 0.465 e. The predicted molar refractivity (Wildman–Crippen MR) is 83.2 cm³/mol. The summed E-state index contributed by atoms with van der Waals surface area (Å²) in [7, 11) is -3.11. The van der Waals surface area contributed by atoms with Gasteiger partial charge in [0.25, 0.3) is 0 Å². The minimum Gasteiger partial charge on any atom is -0.465 e. The molecule has 0 aliphatic rings. The van der Waals surface area contributed by atoms with E-state index in [-0.39, 0.29) is 15.5 Å². The van der Waals surface area contributed by atoms with E-state index in [0.717, 1.165) is 19.2 Å². The van der Waals surface area contributed by atoms with Crippen molar-refractivity contribution in [3.8, 4) is 0 Å². The van der Waals surface area contributed by atoms with Crippen LogP contribution in [0.1, 0.15) is 15.9 Å². The average Bonchev–Trinajstić information content (AvgIpc) is 2.57. The quantitative estimate of drug-likeness (QED) is 0.644. The number of carbonyl (C=O) groups is 1. The molecule has 2 aromatic rings. The molecule has 0 radical (unpaired) electrons. The highest BCUT2D eigenvalue weighted by atomic mass is 35.5. The number of benzene rings is 2. The Bertz CT molecular complexity index is 887. The van der Waals surface area contributed by atoms with E-state index in [9.17, 15) is 22.0 Å². The minimum absolute atomic E-state index is 0.195. The van der Waals surface area contributed by atoms with E-state index in [0.29, 0.717) is 0 Å². The lowest BCUT2D eigenvalue weighted by Crippen LogP contribution is -2.26. The first-order valence-electron chi connectivity index (χ1n) is 6.57. The lowest BCUT2D eigenvalue weighted by molar-refractivity contribution is 0.0596. The van der Waals surface area contributed by atoms with Gasteiger partial charge in [0.15, 0.2) is 0 Å². The third-order valence-electron chi connectivity index (χ3n) is 3.16. The van der Waals surface area contributed by atoms with Crippen LogP contribution in [0, 0.1) is 11.6 Å². The number of hydrogen-bond acceptors (Lipinski definition) is 4. The zero-order valence-electron chi connectivity index (χ0n) is 12.3. The Hall–Kier alpha value is -2.03. The molecule has 0 bridgehead atoms. The number of halogens is 3. The van der Waals surface area contributed by atoms with E-state index < -0.39 is 39.7 Å². The number of esters is 1. The van der Waals surface area contributed by atoms with Gasteiger partial charge in [-0.2, -0.15) is 0 Å². The summed E-state index contributed by atoms with van der Waals surface area (Å²) in [5.41, 5.74) is -0.721. The molecule has 0 aromatic heterocycles. The van der Waals surface area contributed by atoms with Crippen molar-refractivity contribution in [3.63, 3.8) is 0 Å². The second kappa shape index (κ2) is 7.25. The van der Waals surface area contributed by atoms with E-state index in [4.69, 9.17) is 11.6 Å². The van der Waals surface area contributed by atoms with Crippen molar-refractivity contribution in [1.29, 1.82) is 0 Å². The molecule has 2 rings (SSSR count). The van der Waals surface area contributed by atoms with Crippen LogP contribution < -0.4 is 4.72 Å². The summed E-state index contributed by atoms with van der Waals surface area (Å²) in [6.45, 7) is -0.671. The van der Waals surface area contributed by atoms with Crippen molar-refractivity contribution in [2.24, 2.45) is 0 Å². The maximum atomic E-state index is 13.8. The van der Waals surface area contributed by atoms with Gasteiger partial charge < -0.3 is 4.74 Å². The molecule has 0 heterocycles. The van der Waals surface area contributed by atoms with Gasteiger partial charge in [-0.15, -0.1) is 0 Å². The standard InChI is InChI=1S/C15H12ClF2NO4S/c1-23-15(20)9-4-2-3-5-13(9)24(21,22)19-8-10-12(17)7-6-11(16)14(10)18/h2-7,19H,8H2,1H3. The van der Waals surface area contributed by atoms with E-state index >= 15 is 0 Å². The summed E-state index contributed by atoms with van der Waals surface area (Å²) in [4.78, 5) is 11.3. The van der Waals surface area contributed by atoms with Crippen LogP contribution in [0.2, 0.25) is 5.02 Å². The second-order valence-corrected chi connectivity index (χ2v) is 6.78. The fraction of sp³-hybridized carbons (Fsp3) is 0.133. The fourth-order valence-corrected chi connectivity index (χ4v) is 3.32. The monoisotopic (exact) mass is 375 g/mol. The highest BCUT2D eigenvalue weighted by Gasteiger charge is 2.23. The third-order valence-corrected chi connectivity index (χ3v) is 4.91. The molecule has 0 fully saturated rings. The average molecular weight is 376 g/mol. The van der Waals surface area contributed by atoms with E-state index in [1.165, 1.54) is 24.3 Å². The molecule has 0 amide bonds. The second-order valence-electron chi connectivity index (χ2n) is 4.63. The topological polar surface area (TPSA) is 72.5 Å². The van der Waals surface area contributed by atoms with Crippen molar-refractivity contribution < 1.29 is 26.7 Å². The van der Waals surface area contributed by atoms with Crippen LogP contribution >= 0.6 is 11.6 Å². The molecule has 0 saturated carbocycles. The van der Waals surface area contributed by atoms with Crippen molar-refractivity contribution in [3.05, 3.63) is 64.2 Å². The Morgan fingerprint density at radius 3 is 2.54 bits per heavy atom. The molecule has 0 aliphatic heterocycles. The van der Waals surface area contributed by atoms with E-state index in [1.54, 1.807) is 0 Å². The number of hydrogen-bond donors (Lipinski definition) is 1. The van der Waals surface area contributed by atoms with Crippen LogP contribution in [0.4, 0.5) is 8.78 Å². The molecule has 0 spiro atoms. The Kier molecular flexibility index (Phi) is 5.53. The van der Waals surface area contributed by atoms with Gasteiger partial charge in [0.05, 0.1) is 22.6 Å². The Balaban J connectivity index is 2.35. The van der Waals surface area contributed by atoms with Crippen LogP contribution in [-0.2, 0) is 21.3 Å². The van der Waals surface area contributed by atoms with Gasteiger partial charge in [0.2, 0.25) is 10.0 Å². The van der Waals surface area contributed by atoms with Crippen LogP contribution in [0.5, 0.6) is 0 Å².